The number of fused-ring (bicyclic) bond motifs is 1. The Morgan fingerprint density at radius 2 is 1.91 bits per heavy atom. The molecular weight excluding hydrogens is 456 g/mol. The van der Waals surface area contributed by atoms with E-state index in [2.05, 4.69) is 66.2 Å². The Bertz CT molecular complexity index is 1360. The minimum atomic E-state index is 0.0836. The largest absolute Gasteiger partial charge is 0.359 e. The number of piperidine rings is 1. The lowest BCUT2D eigenvalue weighted by Crippen LogP contribution is -2.61. The Morgan fingerprint density at radius 1 is 1.17 bits per heavy atom. The number of rotatable bonds is 5. The number of aryl methyl sites for hydroxylation is 1. The van der Waals surface area contributed by atoms with Gasteiger partial charge >= 0.3 is 0 Å². The Morgan fingerprint density at radius 3 is 2.60 bits per heavy atom. The monoisotopic (exact) mass is 490 g/mol. The zero-order valence-electron chi connectivity index (χ0n) is 21.5. The molecule has 0 aliphatic carbocycles. The van der Waals surface area contributed by atoms with Gasteiger partial charge in [-0.3, -0.25) is 10.1 Å². The molecule has 5 heterocycles. The standard InChI is InChI=1S/C26H34N8S/c1-15(21-22-19(8-9-27-22)20(14-28-21)17-12-29-30-13-17)31-23-16(2)32-24(35-23)34(7)18-10-25(3,4)33-26(5,6)11-18/h8-9,12-14,18,27,33H,10-11H2,1-7H3,(H,29,30)/b31-15+. The summed E-state index contributed by atoms with van der Waals surface area (Å²) in [6.45, 7) is 13.2. The van der Waals surface area contributed by atoms with E-state index < -0.39 is 0 Å². The van der Waals surface area contributed by atoms with E-state index in [9.17, 15) is 0 Å². The van der Waals surface area contributed by atoms with E-state index in [4.69, 9.17) is 15.0 Å². The van der Waals surface area contributed by atoms with Gasteiger partial charge in [-0.1, -0.05) is 11.3 Å². The summed E-state index contributed by atoms with van der Waals surface area (Å²) in [6.07, 6.45) is 9.68. The van der Waals surface area contributed by atoms with Crippen molar-refractivity contribution in [3.05, 3.63) is 42.2 Å². The van der Waals surface area contributed by atoms with E-state index in [0.29, 0.717) is 6.04 Å². The summed E-state index contributed by atoms with van der Waals surface area (Å²) >= 11 is 1.65. The molecule has 35 heavy (non-hydrogen) atoms. The van der Waals surface area contributed by atoms with Crippen molar-refractivity contribution in [2.45, 2.75) is 71.5 Å². The van der Waals surface area contributed by atoms with E-state index in [1.54, 1.807) is 11.3 Å². The smallest absolute Gasteiger partial charge is 0.187 e. The number of aromatic nitrogens is 5. The summed E-state index contributed by atoms with van der Waals surface area (Å²) in [7, 11) is 2.17. The van der Waals surface area contributed by atoms with Crippen LogP contribution in [0.1, 0.15) is 58.8 Å². The molecule has 1 saturated heterocycles. The first-order chi connectivity index (χ1) is 16.5. The number of aromatic amines is 2. The van der Waals surface area contributed by atoms with E-state index in [-0.39, 0.29) is 11.1 Å². The third-order valence-corrected chi connectivity index (χ3v) is 7.94. The van der Waals surface area contributed by atoms with Crippen LogP contribution >= 0.6 is 11.3 Å². The summed E-state index contributed by atoms with van der Waals surface area (Å²) in [5.74, 6) is 0. The van der Waals surface area contributed by atoms with Crippen LogP contribution < -0.4 is 10.2 Å². The molecule has 9 heteroatoms. The molecule has 0 atom stereocenters. The van der Waals surface area contributed by atoms with Crippen LogP contribution in [0.5, 0.6) is 0 Å². The molecule has 0 amide bonds. The summed E-state index contributed by atoms with van der Waals surface area (Å²) in [6, 6.07) is 2.49. The third kappa shape index (κ3) is 4.62. The van der Waals surface area contributed by atoms with Crippen LogP contribution in [0.15, 0.2) is 35.8 Å². The van der Waals surface area contributed by atoms with Gasteiger partial charge in [0, 0.05) is 59.3 Å². The fourth-order valence-corrected chi connectivity index (χ4v) is 6.51. The number of anilines is 1. The van der Waals surface area contributed by atoms with Gasteiger partial charge in [-0.2, -0.15) is 5.10 Å². The zero-order valence-corrected chi connectivity index (χ0v) is 22.3. The molecule has 4 aromatic heterocycles. The van der Waals surface area contributed by atoms with Gasteiger partial charge in [0.05, 0.1) is 23.1 Å². The maximum absolute atomic E-state index is 4.99. The first-order valence-electron chi connectivity index (χ1n) is 12.0. The van der Waals surface area contributed by atoms with Crippen molar-refractivity contribution >= 4 is 38.1 Å². The average molecular weight is 491 g/mol. The van der Waals surface area contributed by atoms with Gasteiger partial charge in [-0.15, -0.1) is 0 Å². The van der Waals surface area contributed by atoms with Crippen molar-refractivity contribution in [3.63, 3.8) is 0 Å². The summed E-state index contributed by atoms with van der Waals surface area (Å²) in [5.41, 5.74) is 5.85. The average Bonchev–Trinajstić information content (AvgIpc) is 3.52. The number of nitrogens with zero attached hydrogens (tertiary/aromatic N) is 5. The Kier molecular flexibility index (Phi) is 5.80. The molecule has 0 radical (unpaired) electrons. The highest BCUT2D eigenvalue weighted by Gasteiger charge is 2.39. The number of thiazole rings is 1. The van der Waals surface area contributed by atoms with Gasteiger partial charge in [-0.05, 0) is 60.5 Å². The van der Waals surface area contributed by atoms with Crippen LogP contribution in [0.25, 0.3) is 22.0 Å². The number of hydrogen-bond acceptors (Lipinski definition) is 7. The van der Waals surface area contributed by atoms with E-state index in [1.165, 1.54) is 0 Å². The molecule has 0 spiro atoms. The van der Waals surface area contributed by atoms with Gasteiger partial charge in [-0.25, -0.2) is 9.98 Å². The lowest BCUT2D eigenvalue weighted by atomic mass is 9.79. The molecule has 0 unspecified atom stereocenters. The molecule has 4 aromatic rings. The van der Waals surface area contributed by atoms with Crippen molar-refractivity contribution in [2.24, 2.45) is 4.99 Å². The highest BCUT2D eigenvalue weighted by Crippen LogP contribution is 2.38. The van der Waals surface area contributed by atoms with Gasteiger partial charge in [0.15, 0.2) is 5.13 Å². The SMILES string of the molecule is C/C(=N\c1sc(N(C)C2CC(C)(C)NC(C)(C)C2)nc1C)c1ncc(-c2cn[nH]c2)c2cc[nH]c12. The molecular formula is C26H34N8S. The Hall–Kier alpha value is -3.04. The second-order valence-corrected chi connectivity index (χ2v) is 11.9. The molecule has 0 aromatic carbocycles. The second kappa shape index (κ2) is 8.57. The number of hydrogen-bond donors (Lipinski definition) is 3. The van der Waals surface area contributed by atoms with Crippen molar-refractivity contribution in [1.29, 1.82) is 0 Å². The maximum atomic E-state index is 4.99. The molecule has 0 saturated carbocycles. The van der Waals surface area contributed by atoms with Gasteiger partial charge in [0.2, 0.25) is 0 Å². The van der Waals surface area contributed by atoms with Crippen molar-refractivity contribution in [2.75, 3.05) is 11.9 Å². The van der Waals surface area contributed by atoms with Crippen LogP contribution in [0.4, 0.5) is 10.1 Å². The molecule has 1 fully saturated rings. The fourth-order valence-electron chi connectivity index (χ4n) is 5.49. The molecule has 8 nitrogen and oxygen atoms in total. The van der Waals surface area contributed by atoms with Crippen LogP contribution in [0.2, 0.25) is 0 Å². The number of pyridine rings is 1. The molecule has 3 N–H and O–H groups in total. The van der Waals surface area contributed by atoms with Crippen molar-refractivity contribution in [1.82, 2.24) is 30.5 Å². The van der Waals surface area contributed by atoms with E-state index >= 15 is 0 Å². The van der Waals surface area contributed by atoms with Crippen molar-refractivity contribution < 1.29 is 0 Å². The Balaban J connectivity index is 1.44. The van der Waals surface area contributed by atoms with Crippen LogP contribution in [-0.4, -0.2) is 55.0 Å². The second-order valence-electron chi connectivity index (χ2n) is 10.9. The number of nitrogens with one attached hydrogen (secondary N) is 3. The van der Waals surface area contributed by atoms with E-state index in [1.807, 2.05) is 38.6 Å². The van der Waals surface area contributed by atoms with Crippen LogP contribution in [0, 0.1) is 6.92 Å². The lowest BCUT2D eigenvalue weighted by Gasteiger charge is -2.48. The molecule has 1 aliphatic rings. The molecule has 5 rings (SSSR count). The normalized spacial score (nSPS) is 18.3. The van der Waals surface area contributed by atoms with Gasteiger partial charge < -0.3 is 15.2 Å². The first-order valence-corrected chi connectivity index (χ1v) is 12.9. The van der Waals surface area contributed by atoms with Crippen LogP contribution in [-0.2, 0) is 0 Å². The quantitative estimate of drug-likeness (QED) is 0.316. The fraction of sp³-hybridized carbons (Fsp3) is 0.462. The third-order valence-electron chi connectivity index (χ3n) is 6.80. The number of H-pyrrole nitrogens is 2. The lowest BCUT2D eigenvalue weighted by molar-refractivity contribution is 0.161. The zero-order chi connectivity index (χ0) is 25.0. The number of aliphatic imine (C=N–C) groups is 1. The van der Waals surface area contributed by atoms with Gasteiger partial charge in [0.25, 0.3) is 0 Å². The van der Waals surface area contributed by atoms with Crippen molar-refractivity contribution in [3.8, 4) is 11.1 Å². The summed E-state index contributed by atoms with van der Waals surface area (Å²) < 4.78 is 0. The Labute approximate surface area is 210 Å². The molecule has 1 aliphatic heterocycles. The summed E-state index contributed by atoms with van der Waals surface area (Å²) in [5, 5.41) is 13.8. The van der Waals surface area contributed by atoms with Crippen LogP contribution in [0.3, 0.4) is 0 Å². The maximum Gasteiger partial charge on any atom is 0.187 e. The minimum absolute atomic E-state index is 0.0836. The molecule has 184 valence electrons. The summed E-state index contributed by atoms with van der Waals surface area (Å²) in [4.78, 5) is 20.4. The topological polar surface area (TPSA) is 97.9 Å². The highest BCUT2D eigenvalue weighted by atomic mass is 32.1. The molecule has 0 bridgehead atoms. The minimum Gasteiger partial charge on any atom is -0.359 e. The van der Waals surface area contributed by atoms with E-state index in [0.717, 1.165) is 62.1 Å². The predicted molar refractivity (Wildman–Crippen MR) is 145 cm³/mol. The first kappa shape index (κ1) is 23.7. The predicted octanol–water partition coefficient (Wildman–Crippen LogP) is 5.60. The van der Waals surface area contributed by atoms with Gasteiger partial charge in [0.1, 0.15) is 10.7 Å². The highest BCUT2D eigenvalue weighted by molar-refractivity contribution is 7.19.